The van der Waals surface area contributed by atoms with Gasteiger partial charge in [0.1, 0.15) is 17.6 Å². The minimum atomic E-state index is -4.84. The monoisotopic (exact) mass is 570 g/mol. The summed E-state index contributed by atoms with van der Waals surface area (Å²) in [5.74, 6) is 0.155. The number of aliphatic hydroxyl groups excluding tert-OH is 1. The van der Waals surface area contributed by atoms with Gasteiger partial charge in [0.25, 0.3) is 10.0 Å². The maximum atomic E-state index is 13.8. The zero-order valence-corrected chi connectivity index (χ0v) is 21.7. The van der Waals surface area contributed by atoms with E-state index in [4.69, 9.17) is 27.9 Å². The maximum absolute atomic E-state index is 13.8. The first-order valence-corrected chi connectivity index (χ1v) is 12.8. The Morgan fingerprint density at radius 3 is 2.38 bits per heavy atom. The molecule has 2 aromatic heterocycles. The van der Waals surface area contributed by atoms with Gasteiger partial charge in [-0.2, -0.15) is 13.2 Å². The van der Waals surface area contributed by atoms with Gasteiger partial charge in [-0.15, -0.1) is 0 Å². The molecule has 0 spiro atoms. The van der Waals surface area contributed by atoms with E-state index in [1.165, 1.54) is 56.5 Å². The highest BCUT2D eigenvalue weighted by Crippen LogP contribution is 2.42. The number of pyridine rings is 1. The van der Waals surface area contributed by atoms with Crippen LogP contribution >= 0.6 is 23.2 Å². The van der Waals surface area contributed by atoms with E-state index in [2.05, 4.69) is 11.6 Å². The van der Waals surface area contributed by atoms with Crippen molar-refractivity contribution in [2.45, 2.75) is 24.1 Å². The Hall–Kier alpha value is -3.05. The summed E-state index contributed by atoms with van der Waals surface area (Å²) >= 11 is 12.9. The van der Waals surface area contributed by atoms with Gasteiger partial charge in [0.2, 0.25) is 0 Å². The molecule has 0 aliphatic heterocycles. The molecule has 0 bridgehead atoms. The number of hydrogen-bond donors (Lipinski definition) is 1. The number of benzene rings is 2. The predicted octanol–water partition coefficient (Wildman–Crippen LogP) is 6.61. The quantitative estimate of drug-likeness (QED) is 0.264. The second-order valence-corrected chi connectivity index (χ2v) is 10.6. The van der Waals surface area contributed by atoms with Crippen LogP contribution in [0.4, 0.5) is 13.2 Å². The van der Waals surface area contributed by atoms with E-state index in [1.54, 1.807) is 6.07 Å². The van der Waals surface area contributed by atoms with Crippen molar-refractivity contribution in [2.75, 3.05) is 7.11 Å². The standard InChI is InChI=1S/C25H19Cl2F3N2O4S/c1-13-17-11-20(24(33)22-18(26)10-9-16(23(22)27)14(2)36-3)32(19(17)12-21(31-13)25(28,29)30)37(34,35)15-7-5-4-6-8-15/h4-12,24,33H,2H2,1,3H3. The second-order valence-electron chi connectivity index (χ2n) is 8.03. The summed E-state index contributed by atoms with van der Waals surface area (Å²) in [5, 5.41) is 11.5. The highest BCUT2D eigenvalue weighted by molar-refractivity contribution is 7.90. The lowest BCUT2D eigenvalue weighted by molar-refractivity contribution is -0.141. The van der Waals surface area contributed by atoms with Crippen LogP contribution in [0.25, 0.3) is 16.7 Å². The Morgan fingerprint density at radius 2 is 1.78 bits per heavy atom. The largest absolute Gasteiger partial charge is 0.497 e. The third-order valence-corrected chi connectivity index (χ3v) is 8.26. The third-order valence-electron chi connectivity index (χ3n) is 5.77. The second kappa shape index (κ2) is 9.68. The number of aliphatic hydroxyl groups is 1. The number of ether oxygens (including phenoxy) is 1. The fraction of sp³-hybridized carbons (Fsp3) is 0.160. The number of nitrogens with zero attached hydrogens (tertiary/aromatic N) is 2. The van der Waals surface area contributed by atoms with Crippen LogP contribution < -0.4 is 0 Å². The Kier molecular flexibility index (Phi) is 7.06. The molecular formula is C25H19Cl2F3N2O4S. The zero-order valence-electron chi connectivity index (χ0n) is 19.3. The minimum Gasteiger partial charge on any atom is -0.497 e. The summed E-state index contributed by atoms with van der Waals surface area (Å²) in [6.07, 6.45) is -6.62. The van der Waals surface area contributed by atoms with Gasteiger partial charge in [0.05, 0.1) is 28.2 Å². The summed E-state index contributed by atoms with van der Waals surface area (Å²) < 4.78 is 74.2. The van der Waals surface area contributed by atoms with Gasteiger partial charge >= 0.3 is 6.18 Å². The van der Waals surface area contributed by atoms with Crippen LogP contribution in [0.1, 0.15) is 34.3 Å². The number of halogens is 5. The van der Waals surface area contributed by atoms with Crippen molar-refractivity contribution in [1.29, 1.82) is 0 Å². The van der Waals surface area contributed by atoms with Crippen molar-refractivity contribution in [3.8, 4) is 0 Å². The Labute approximate surface area is 220 Å². The molecule has 6 nitrogen and oxygen atoms in total. The molecule has 1 atom stereocenters. The van der Waals surface area contributed by atoms with E-state index < -0.39 is 28.0 Å². The predicted molar refractivity (Wildman–Crippen MR) is 135 cm³/mol. The molecule has 1 N–H and O–H groups in total. The number of rotatable bonds is 6. The van der Waals surface area contributed by atoms with Gasteiger partial charge in [-0.1, -0.05) is 48.0 Å². The van der Waals surface area contributed by atoms with Gasteiger partial charge < -0.3 is 9.84 Å². The molecule has 0 saturated carbocycles. The van der Waals surface area contributed by atoms with Gasteiger partial charge in [-0.05, 0) is 43.3 Å². The molecule has 2 aromatic carbocycles. The Balaban J connectivity index is 2.10. The third kappa shape index (κ3) is 4.70. The molecule has 4 rings (SSSR count). The SMILES string of the molecule is C=C(OC)c1ccc(Cl)c(C(O)c2cc3c(C)nc(C(F)(F)F)cc3n2S(=O)(=O)c2ccccc2)c1Cl. The smallest absolute Gasteiger partial charge is 0.433 e. The maximum Gasteiger partial charge on any atom is 0.433 e. The molecule has 0 aliphatic rings. The van der Waals surface area contributed by atoms with Crippen molar-refractivity contribution in [3.63, 3.8) is 0 Å². The number of methoxy groups -OCH3 is 1. The Bertz CT molecular complexity index is 1640. The molecule has 194 valence electrons. The number of hydrogen-bond acceptors (Lipinski definition) is 5. The molecule has 2 heterocycles. The van der Waals surface area contributed by atoms with Gasteiger partial charge in [0.15, 0.2) is 0 Å². The van der Waals surface area contributed by atoms with Gasteiger partial charge in [-0.3, -0.25) is 0 Å². The normalized spacial score (nSPS) is 13.1. The Morgan fingerprint density at radius 1 is 1.14 bits per heavy atom. The highest BCUT2D eigenvalue weighted by Gasteiger charge is 2.36. The average molecular weight is 571 g/mol. The van der Waals surface area contributed by atoms with Crippen molar-refractivity contribution >= 4 is 49.9 Å². The van der Waals surface area contributed by atoms with Gasteiger partial charge in [0, 0.05) is 27.2 Å². The fourth-order valence-corrected chi connectivity index (χ4v) is 6.19. The topological polar surface area (TPSA) is 81.4 Å². The summed E-state index contributed by atoms with van der Waals surface area (Å²) in [4.78, 5) is 3.40. The van der Waals surface area contributed by atoms with Crippen LogP contribution in [0.2, 0.25) is 10.0 Å². The lowest BCUT2D eigenvalue weighted by Crippen LogP contribution is -2.19. The fourth-order valence-electron chi connectivity index (χ4n) is 3.95. The van der Waals surface area contributed by atoms with Crippen molar-refractivity contribution in [2.24, 2.45) is 0 Å². The van der Waals surface area contributed by atoms with Crippen molar-refractivity contribution in [3.05, 3.63) is 99.4 Å². The average Bonchev–Trinajstić information content (AvgIpc) is 3.25. The lowest BCUT2D eigenvalue weighted by atomic mass is 10.0. The molecule has 0 saturated heterocycles. The number of aromatic nitrogens is 2. The van der Waals surface area contributed by atoms with Crippen LogP contribution in [-0.4, -0.2) is 29.6 Å². The molecule has 4 aromatic rings. The molecule has 0 amide bonds. The van der Waals surface area contributed by atoms with E-state index in [-0.39, 0.29) is 54.1 Å². The van der Waals surface area contributed by atoms with Crippen LogP contribution in [0, 0.1) is 6.92 Å². The first kappa shape index (κ1) is 27.0. The van der Waals surface area contributed by atoms with Gasteiger partial charge in [-0.25, -0.2) is 17.4 Å². The molecule has 0 aliphatic carbocycles. The molecule has 37 heavy (non-hydrogen) atoms. The first-order chi connectivity index (χ1) is 17.3. The molecule has 12 heteroatoms. The minimum absolute atomic E-state index is 0.00936. The van der Waals surface area contributed by atoms with Crippen molar-refractivity contribution < 1.29 is 31.4 Å². The number of alkyl halides is 3. The molecule has 0 radical (unpaired) electrons. The lowest BCUT2D eigenvalue weighted by Gasteiger charge is -2.20. The number of aryl methyl sites for hydroxylation is 1. The van der Waals surface area contributed by atoms with Crippen LogP contribution in [-0.2, 0) is 20.9 Å². The summed E-state index contributed by atoms with van der Waals surface area (Å²) in [6.45, 7) is 5.05. The summed E-state index contributed by atoms with van der Waals surface area (Å²) in [7, 11) is -3.15. The van der Waals surface area contributed by atoms with Crippen LogP contribution in [0.5, 0.6) is 0 Å². The van der Waals surface area contributed by atoms with E-state index in [0.717, 1.165) is 0 Å². The summed E-state index contributed by atoms with van der Waals surface area (Å²) in [5.41, 5.74) is -1.76. The summed E-state index contributed by atoms with van der Waals surface area (Å²) in [6, 6.07) is 11.9. The molecule has 1 unspecified atom stereocenters. The van der Waals surface area contributed by atoms with Crippen molar-refractivity contribution in [1.82, 2.24) is 8.96 Å². The molecular weight excluding hydrogens is 552 g/mol. The zero-order chi connectivity index (χ0) is 27.3. The highest BCUT2D eigenvalue weighted by atomic mass is 35.5. The van der Waals surface area contributed by atoms with E-state index in [1.807, 2.05) is 0 Å². The van der Waals surface area contributed by atoms with Crippen LogP contribution in [0.3, 0.4) is 0 Å². The molecule has 0 fully saturated rings. The van der Waals surface area contributed by atoms with E-state index in [9.17, 15) is 26.7 Å². The van der Waals surface area contributed by atoms with E-state index >= 15 is 0 Å². The number of fused-ring (bicyclic) bond motifs is 1. The van der Waals surface area contributed by atoms with E-state index in [0.29, 0.717) is 10.0 Å². The van der Waals surface area contributed by atoms with Crippen LogP contribution in [0.15, 0.2) is 66.1 Å². The first-order valence-electron chi connectivity index (χ1n) is 10.6.